The van der Waals surface area contributed by atoms with Crippen molar-refractivity contribution in [3.63, 3.8) is 0 Å². The maximum absolute atomic E-state index is 13.6. The second kappa shape index (κ2) is 8.73. The topological polar surface area (TPSA) is 41.9 Å². The van der Waals surface area contributed by atoms with Gasteiger partial charge in [0.15, 0.2) is 5.17 Å². The van der Waals surface area contributed by atoms with E-state index in [1.54, 1.807) is 12.0 Å². The highest BCUT2D eigenvalue weighted by Crippen LogP contribution is 2.39. The number of rotatable bonds is 4. The molecule has 32 heavy (non-hydrogen) atoms. The second-order valence-corrected chi connectivity index (χ2v) is 8.23. The fraction of sp³-hybridized carbons (Fsp3) is 0.0370. The first-order valence-electron chi connectivity index (χ1n) is 10.2. The molecular formula is C27H20N2O2S. The van der Waals surface area contributed by atoms with Gasteiger partial charge in [0.2, 0.25) is 0 Å². The smallest absolute Gasteiger partial charge is 0.271 e. The number of hydrogen-bond acceptors (Lipinski definition) is 4. The lowest BCUT2D eigenvalue weighted by atomic mass is 10.0. The van der Waals surface area contributed by atoms with Crippen molar-refractivity contribution < 1.29 is 9.53 Å². The van der Waals surface area contributed by atoms with Crippen molar-refractivity contribution in [2.24, 2.45) is 4.99 Å². The Hall–Kier alpha value is -3.83. The number of benzene rings is 4. The molecule has 1 heterocycles. The first-order valence-corrected chi connectivity index (χ1v) is 11.0. The summed E-state index contributed by atoms with van der Waals surface area (Å²) in [6.07, 6.45) is 1.91. The lowest BCUT2D eigenvalue weighted by molar-refractivity contribution is -0.113. The van der Waals surface area contributed by atoms with Crippen LogP contribution in [-0.4, -0.2) is 18.2 Å². The van der Waals surface area contributed by atoms with Gasteiger partial charge < -0.3 is 4.74 Å². The number of anilines is 1. The van der Waals surface area contributed by atoms with Crippen molar-refractivity contribution in [1.82, 2.24) is 0 Å². The van der Waals surface area contributed by atoms with E-state index in [4.69, 9.17) is 9.73 Å². The van der Waals surface area contributed by atoms with E-state index in [2.05, 4.69) is 6.07 Å². The molecule has 4 nitrogen and oxygen atoms in total. The van der Waals surface area contributed by atoms with E-state index in [1.165, 1.54) is 11.8 Å². The summed E-state index contributed by atoms with van der Waals surface area (Å²) in [6, 6.07) is 31.3. The summed E-state index contributed by atoms with van der Waals surface area (Å²) in [5.41, 5.74) is 2.47. The van der Waals surface area contributed by atoms with Crippen molar-refractivity contribution in [3.05, 3.63) is 108 Å². The Morgan fingerprint density at radius 2 is 1.53 bits per heavy atom. The number of nitrogens with zero attached hydrogens (tertiary/aromatic N) is 2. The molecule has 0 radical (unpaired) electrons. The molecule has 4 aromatic carbocycles. The normalized spacial score (nSPS) is 16.3. The Morgan fingerprint density at radius 1 is 0.844 bits per heavy atom. The molecule has 1 amide bonds. The predicted octanol–water partition coefficient (Wildman–Crippen LogP) is 6.66. The summed E-state index contributed by atoms with van der Waals surface area (Å²) in [5.74, 6) is 0.621. The number of methoxy groups -OCH3 is 1. The van der Waals surface area contributed by atoms with Gasteiger partial charge in [0.05, 0.1) is 23.4 Å². The Morgan fingerprint density at radius 3 is 2.28 bits per heavy atom. The SMILES string of the molecule is COc1ccc2ccccc2c1/C=C1\SC(=Nc2ccccc2)N(c2ccccc2)C1=O. The molecule has 0 N–H and O–H groups in total. The van der Waals surface area contributed by atoms with E-state index in [0.717, 1.165) is 33.5 Å². The zero-order valence-electron chi connectivity index (χ0n) is 17.4. The van der Waals surface area contributed by atoms with Crippen LogP contribution in [0.3, 0.4) is 0 Å². The van der Waals surface area contributed by atoms with Gasteiger partial charge in [0.1, 0.15) is 5.75 Å². The monoisotopic (exact) mass is 436 g/mol. The van der Waals surface area contributed by atoms with E-state index in [-0.39, 0.29) is 5.91 Å². The van der Waals surface area contributed by atoms with Gasteiger partial charge in [-0.2, -0.15) is 0 Å². The number of aliphatic imine (C=N–C) groups is 1. The summed E-state index contributed by atoms with van der Waals surface area (Å²) < 4.78 is 5.62. The first-order chi connectivity index (χ1) is 15.7. The number of carbonyl (C=O) groups excluding carboxylic acids is 1. The third kappa shape index (κ3) is 3.79. The van der Waals surface area contributed by atoms with Crippen LogP contribution in [0, 0.1) is 0 Å². The molecule has 0 spiro atoms. The van der Waals surface area contributed by atoms with Crippen LogP contribution in [0.25, 0.3) is 16.8 Å². The summed E-state index contributed by atoms with van der Waals surface area (Å²) in [4.78, 5) is 20.6. The molecule has 0 aliphatic carbocycles. The van der Waals surface area contributed by atoms with Crippen LogP contribution in [0.15, 0.2) is 107 Å². The molecule has 0 aromatic heterocycles. The Bertz CT molecular complexity index is 1350. The zero-order chi connectivity index (χ0) is 21.9. The van der Waals surface area contributed by atoms with Gasteiger partial charge in [0.25, 0.3) is 5.91 Å². The molecule has 1 fully saturated rings. The molecule has 4 aromatic rings. The van der Waals surface area contributed by atoms with Gasteiger partial charge in [-0.3, -0.25) is 9.69 Å². The van der Waals surface area contributed by atoms with Crippen molar-refractivity contribution in [3.8, 4) is 5.75 Å². The van der Waals surface area contributed by atoms with Crippen LogP contribution in [0.1, 0.15) is 5.56 Å². The fourth-order valence-electron chi connectivity index (χ4n) is 3.70. The van der Waals surface area contributed by atoms with E-state index in [0.29, 0.717) is 10.1 Å². The summed E-state index contributed by atoms with van der Waals surface area (Å²) >= 11 is 1.37. The number of para-hydroxylation sites is 2. The average Bonchev–Trinajstić information content (AvgIpc) is 3.14. The van der Waals surface area contributed by atoms with Crippen molar-refractivity contribution in [1.29, 1.82) is 0 Å². The average molecular weight is 437 g/mol. The molecule has 0 bridgehead atoms. The van der Waals surface area contributed by atoms with Crippen LogP contribution in [0.5, 0.6) is 5.75 Å². The molecule has 1 aliphatic rings. The van der Waals surface area contributed by atoms with Crippen molar-refractivity contribution in [2.75, 3.05) is 12.0 Å². The highest BCUT2D eigenvalue weighted by molar-refractivity contribution is 8.19. The number of hydrogen-bond donors (Lipinski definition) is 0. The number of amidine groups is 1. The van der Waals surface area contributed by atoms with Gasteiger partial charge in [-0.05, 0) is 58.9 Å². The van der Waals surface area contributed by atoms with Crippen LogP contribution in [0.4, 0.5) is 11.4 Å². The molecule has 1 aliphatic heterocycles. The number of carbonyl (C=O) groups is 1. The van der Waals surface area contributed by atoms with Crippen molar-refractivity contribution in [2.45, 2.75) is 0 Å². The van der Waals surface area contributed by atoms with E-state index in [1.807, 2.05) is 97.1 Å². The van der Waals surface area contributed by atoms with E-state index >= 15 is 0 Å². The zero-order valence-corrected chi connectivity index (χ0v) is 18.3. The number of amides is 1. The van der Waals surface area contributed by atoms with Crippen LogP contribution in [0.2, 0.25) is 0 Å². The van der Waals surface area contributed by atoms with Gasteiger partial charge in [-0.15, -0.1) is 0 Å². The minimum absolute atomic E-state index is 0.106. The summed E-state index contributed by atoms with van der Waals surface area (Å²) in [7, 11) is 1.65. The quantitative estimate of drug-likeness (QED) is 0.336. The van der Waals surface area contributed by atoms with Crippen LogP contribution in [-0.2, 0) is 4.79 Å². The highest BCUT2D eigenvalue weighted by atomic mass is 32.2. The molecule has 156 valence electrons. The third-order valence-corrected chi connectivity index (χ3v) is 6.20. The predicted molar refractivity (Wildman–Crippen MR) is 134 cm³/mol. The van der Waals surface area contributed by atoms with E-state index < -0.39 is 0 Å². The number of ether oxygens (including phenoxy) is 1. The maximum Gasteiger partial charge on any atom is 0.271 e. The summed E-state index contributed by atoms with van der Waals surface area (Å²) in [5, 5.41) is 2.75. The van der Waals surface area contributed by atoms with E-state index in [9.17, 15) is 4.79 Å². The lowest BCUT2D eigenvalue weighted by Gasteiger charge is -2.15. The maximum atomic E-state index is 13.6. The number of thioether (sulfide) groups is 1. The minimum Gasteiger partial charge on any atom is -0.496 e. The van der Waals surface area contributed by atoms with Crippen molar-refractivity contribution >= 4 is 51.1 Å². The Kier molecular flexibility index (Phi) is 5.48. The van der Waals surface area contributed by atoms with Gasteiger partial charge in [0, 0.05) is 5.56 Å². The van der Waals surface area contributed by atoms with Crippen LogP contribution < -0.4 is 9.64 Å². The fourth-order valence-corrected chi connectivity index (χ4v) is 4.68. The molecule has 0 saturated carbocycles. The molecular weight excluding hydrogens is 416 g/mol. The van der Waals surface area contributed by atoms with Gasteiger partial charge in [-0.25, -0.2) is 4.99 Å². The first kappa shape index (κ1) is 20.1. The standard InChI is InChI=1S/C27H20N2O2S/c1-31-24-17-16-19-10-8-9-15-22(19)23(24)18-25-26(30)29(21-13-6-3-7-14-21)27(32-25)28-20-11-4-2-5-12-20/h2-18H,1H3/b25-18-,28-27?. The second-order valence-electron chi connectivity index (χ2n) is 7.22. The van der Waals surface area contributed by atoms with Gasteiger partial charge >= 0.3 is 0 Å². The largest absolute Gasteiger partial charge is 0.496 e. The molecule has 1 saturated heterocycles. The molecule has 5 rings (SSSR count). The third-order valence-electron chi connectivity index (χ3n) is 5.23. The number of fused-ring (bicyclic) bond motifs is 1. The Labute approximate surface area is 190 Å². The lowest BCUT2D eigenvalue weighted by Crippen LogP contribution is -2.28. The summed E-state index contributed by atoms with van der Waals surface area (Å²) in [6.45, 7) is 0. The molecule has 0 atom stereocenters. The highest BCUT2D eigenvalue weighted by Gasteiger charge is 2.35. The minimum atomic E-state index is -0.106. The Balaban J connectivity index is 1.65. The van der Waals surface area contributed by atoms with Crippen LogP contribution >= 0.6 is 11.8 Å². The van der Waals surface area contributed by atoms with Gasteiger partial charge in [-0.1, -0.05) is 66.7 Å². The molecule has 0 unspecified atom stereocenters. The molecule has 5 heteroatoms.